The molecule has 1 rings (SSSR count). The summed E-state index contributed by atoms with van der Waals surface area (Å²) < 4.78 is 5.11. The highest BCUT2D eigenvalue weighted by molar-refractivity contribution is 5.85. The molecule has 0 radical (unpaired) electrons. The Kier molecular flexibility index (Phi) is 15.4. The normalized spacial score (nSPS) is 11.8. The largest absolute Gasteiger partial charge is 0.363 e. The predicted molar refractivity (Wildman–Crippen MR) is 101 cm³/mol. The molecule has 1 heterocycles. The molecule has 122 valence electrons. The third-order valence-corrected chi connectivity index (χ3v) is 2.45. The van der Waals surface area contributed by atoms with Gasteiger partial charge in [0, 0.05) is 5.56 Å². The van der Waals surface area contributed by atoms with Crippen LogP contribution in [0.2, 0.25) is 0 Å². The van der Waals surface area contributed by atoms with Crippen molar-refractivity contribution in [2.75, 3.05) is 0 Å². The fraction of sp³-hybridized carbons (Fsp3) is 0.350. The molecule has 0 saturated carbocycles. The summed E-state index contributed by atoms with van der Waals surface area (Å²) in [6, 6.07) is 0. The van der Waals surface area contributed by atoms with Crippen LogP contribution >= 0.6 is 0 Å². The van der Waals surface area contributed by atoms with Gasteiger partial charge in [-0.1, -0.05) is 82.0 Å². The maximum atomic E-state index is 5.11. The van der Waals surface area contributed by atoms with Crippen molar-refractivity contribution in [3.05, 3.63) is 66.6 Å². The lowest BCUT2D eigenvalue weighted by Crippen LogP contribution is -1.88. The highest BCUT2D eigenvalue weighted by Crippen LogP contribution is 2.26. The molecule has 0 aliphatic carbocycles. The van der Waals surface area contributed by atoms with Crippen LogP contribution < -0.4 is 0 Å². The molecule has 0 aromatic carbocycles. The van der Waals surface area contributed by atoms with Crippen molar-refractivity contribution in [3.63, 3.8) is 0 Å². The van der Waals surface area contributed by atoms with Gasteiger partial charge in [-0.15, -0.1) is 0 Å². The molecule has 2 heteroatoms. The number of rotatable bonds is 5. The van der Waals surface area contributed by atoms with Crippen molar-refractivity contribution in [2.24, 2.45) is 0 Å². The summed E-state index contributed by atoms with van der Waals surface area (Å²) in [5.74, 6) is 0. The lowest BCUT2D eigenvalue weighted by molar-refractivity contribution is 0.417. The van der Waals surface area contributed by atoms with E-state index in [4.69, 9.17) is 4.52 Å². The lowest BCUT2D eigenvalue weighted by Gasteiger charge is -2.02. The van der Waals surface area contributed by atoms with Gasteiger partial charge in [0.05, 0.1) is 0 Å². The minimum absolute atomic E-state index is 0.849. The Hall–Kier alpha value is -2.09. The molecule has 22 heavy (non-hydrogen) atoms. The fourth-order valence-corrected chi connectivity index (χ4v) is 1.68. The van der Waals surface area contributed by atoms with Crippen LogP contribution in [-0.4, -0.2) is 5.16 Å². The summed E-state index contributed by atoms with van der Waals surface area (Å²) in [6.07, 6.45) is 15.4. The zero-order chi connectivity index (χ0) is 17.4. The molecule has 0 atom stereocenters. The smallest absolute Gasteiger partial charge is 0.132 e. The van der Waals surface area contributed by atoms with Crippen LogP contribution in [0.4, 0.5) is 0 Å². The van der Waals surface area contributed by atoms with Crippen molar-refractivity contribution in [1.82, 2.24) is 5.16 Å². The van der Waals surface area contributed by atoms with Gasteiger partial charge >= 0.3 is 0 Å². The second kappa shape index (κ2) is 15.3. The predicted octanol–water partition coefficient (Wildman–Crippen LogP) is 6.85. The van der Waals surface area contributed by atoms with Gasteiger partial charge in [0.2, 0.25) is 0 Å². The molecule has 0 bridgehead atoms. The van der Waals surface area contributed by atoms with Gasteiger partial charge in [-0.25, -0.2) is 0 Å². The zero-order valence-corrected chi connectivity index (χ0v) is 15.2. The average molecular weight is 301 g/mol. The summed E-state index contributed by atoms with van der Waals surface area (Å²) in [4.78, 5) is 0. The van der Waals surface area contributed by atoms with Crippen LogP contribution in [0.15, 0.2) is 59.9 Å². The zero-order valence-electron chi connectivity index (χ0n) is 15.2. The van der Waals surface area contributed by atoms with Crippen LogP contribution in [0.5, 0.6) is 0 Å². The fourth-order valence-electron chi connectivity index (χ4n) is 1.68. The molecule has 0 unspecified atom stereocenters. The minimum Gasteiger partial charge on any atom is -0.363 e. The van der Waals surface area contributed by atoms with Crippen LogP contribution in [0, 0.1) is 0 Å². The summed E-state index contributed by atoms with van der Waals surface area (Å²) >= 11 is 0. The van der Waals surface area contributed by atoms with Crippen LogP contribution in [0.3, 0.4) is 0 Å². The van der Waals surface area contributed by atoms with Gasteiger partial charge in [-0.05, 0) is 31.9 Å². The molecule has 0 N–H and O–H groups in total. The third-order valence-electron chi connectivity index (χ3n) is 2.45. The van der Waals surface area contributed by atoms with Crippen molar-refractivity contribution in [2.45, 2.75) is 48.5 Å². The highest BCUT2D eigenvalue weighted by atomic mass is 16.5. The molecule has 0 saturated heterocycles. The Bertz CT molecular complexity index is 514. The summed E-state index contributed by atoms with van der Waals surface area (Å²) in [6.45, 7) is 17.7. The van der Waals surface area contributed by atoms with Gasteiger partial charge in [-0.2, -0.15) is 0 Å². The lowest BCUT2D eigenvalue weighted by atomic mass is 10.0. The summed E-state index contributed by atoms with van der Waals surface area (Å²) in [5.41, 5.74) is 3.90. The number of nitrogens with zero attached hydrogens (tertiary/aromatic N) is 1. The summed E-state index contributed by atoms with van der Waals surface area (Å²) in [7, 11) is 0. The molecular formula is C20H31NO. The highest BCUT2D eigenvalue weighted by Gasteiger charge is 2.12. The Morgan fingerprint density at radius 3 is 2.00 bits per heavy atom. The van der Waals surface area contributed by atoms with E-state index < -0.39 is 0 Å². The monoisotopic (exact) mass is 301 g/mol. The molecule has 0 spiro atoms. The quantitative estimate of drug-likeness (QED) is 0.556. The van der Waals surface area contributed by atoms with E-state index in [1.165, 1.54) is 0 Å². The second-order valence-corrected chi connectivity index (χ2v) is 3.68. The van der Waals surface area contributed by atoms with E-state index in [9.17, 15) is 0 Å². The van der Waals surface area contributed by atoms with E-state index in [-0.39, 0.29) is 0 Å². The maximum absolute atomic E-state index is 5.11. The number of allylic oxidation sites excluding steroid dienone is 9. The van der Waals surface area contributed by atoms with Gasteiger partial charge in [-0.3, -0.25) is 0 Å². The average Bonchev–Trinajstić information content (AvgIpc) is 3.05. The van der Waals surface area contributed by atoms with Gasteiger partial charge in [0.15, 0.2) is 0 Å². The molecule has 1 aromatic heterocycles. The Labute approximate surface area is 136 Å². The SMILES string of the molecule is C=C/C=C(\C=C/C)c1conc1C(/C=C\C)=C/C.CC.CC. The number of aromatic nitrogens is 1. The van der Waals surface area contributed by atoms with Crippen LogP contribution in [0.25, 0.3) is 11.1 Å². The summed E-state index contributed by atoms with van der Waals surface area (Å²) in [5, 5.41) is 4.09. The van der Waals surface area contributed by atoms with E-state index in [0.717, 1.165) is 22.4 Å². The standard InChI is InChI=1S/C16H19NO.2C2H6/c1-5-9-13(8-4)16-15(12-18-17-16)14(10-6-2)11-7-3;2*1-2/h5-12H,2H2,1,3-4H3;2*1-2H3/b9-5-,11-7-,13-8+,14-10+;;. The first-order chi connectivity index (χ1) is 10.8. The molecule has 0 amide bonds. The van der Waals surface area contributed by atoms with E-state index in [0.29, 0.717) is 0 Å². The van der Waals surface area contributed by atoms with Gasteiger partial charge < -0.3 is 4.52 Å². The first kappa shape index (κ1) is 22.2. The number of hydrogen-bond donors (Lipinski definition) is 0. The van der Waals surface area contributed by atoms with Crippen molar-refractivity contribution < 1.29 is 4.52 Å². The van der Waals surface area contributed by atoms with Crippen molar-refractivity contribution in [1.29, 1.82) is 0 Å². The molecule has 0 fully saturated rings. The Morgan fingerprint density at radius 2 is 1.55 bits per heavy atom. The number of hydrogen-bond acceptors (Lipinski definition) is 2. The maximum Gasteiger partial charge on any atom is 0.132 e. The topological polar surface area (TPSA) is 26.0 Å². The van der Waals surface area contributed by atoms with Crippen LogP contribution in [-0.2, 0) is 0 Å². The first-order valence-corrected chi connectivity index (χ1v) is 7.98. The molecule has 0 aliphatic rings. The second-order valence-electron chi connectivity index (χ2n) is 3.68. The van der Waals surface area contributed by atoms with E-state index in [1.807, 2.05) is 84.9 Å². The van der Waals surface area contributed by atoms with Crippen molar-refractivity contribution >= 4 is 11.1 Å². The first-order valence-electron chi connectivity index (χ1n) is 7.98. The van der Waals surface area contributed by atoms with E-state index in [2.05, 4.69) is 11.7 Å². The van der Waals surface area contributed by atoms with E-state index in [1.54, 1.807) is 12.3 Å². The van der Waals surface area contributed by atoms with Crippen molar-refractivity contribution in [3.8, 4) is 0 Å². The molecular weight excluding hydrogens is 270 g/mol. The third kappa shape index (κ3) is 7.07. The Morgan fingerprint density at radius 1 is 1.00 bits per heavy atom. The van der Waals surface area contributed by atoms with E-state index >= 15 is 0 Å². The molecule has 2 nitrogen and oxygen atoms in total. The van der Waals surface area contributed by atoms with Crippen LogP contribution in [0.1, 0.15) is 59.7 Å². The molecule has 1 aromatic rings. The minimum atomic E-state index is 0.849. The Balaban J connectivity index is 0. The molecule has 0 aliphatic heterocycles. The van der Waals surface area contributed by atoms with Gasteiger partial charge in [0.1, 0.15) is 12.0 Å². The van der Waals surface area contributed by atoms with Gasteiger partial charge in [0.25, 0.3) is 0 Å².